The van der Waals surface area contributed by atoms with Gasteiger partial charge in [0.15, 0.2) is 23.1 Å². The number of sulfonamides is 1. The maximum atomic E-state index is 14.0. The number of aliphatic carboxylic acids is 1. The third-order valence-electron chi connectivity index (χ3n) is 5.80. The number of carbonyl (C=O) groups is 1. The maximum Gasteiger partial charge on any atom is 0.323 e. The Balaban J connectivity index is 1.90. The van der Waals surface area contributed by atoms with Gasteiger partial charge in [-0.05, 0) is 55.2 Å². The van der Waals surface area contributed by atoms with Crippen LogP contribution in [0.2, 0.25) is 5.02 Å². The van der Waals surface area contributed by atoms with Crippen molar-refractivity contribution in [2.45, 2.75) is 30.2 Å². The van der Waals surface area contributed by atoms with Crippen LogP contribution in [0.5, 0.6) is 17.2 Å². The van der Waals surface area contributed by atoms with Crippen LogP contribution in [0.15, 0.2) is 65.2 Å². The minimum absolute atomic E-state index is 0.130. The third-order valence-corrected chi connectivity index (χ3v) is 7.89. The van der Waals surface area contributed by atoms with Gasteiger partial charge < -0.3 is 19.8 Å². The lowest BCUT2D eigenvalue weighted by Crippen LogP contribution is -2.41. The van der Waals surface area contributed by atoms with Gasteiger partial charge in [-0.2, -0.15) is 4.31 Å². The van der Waals surface area contributed by atoms with Gasteiger partial charge in [-0.1, -0.05) is 24.3 Å². The van der Waals surface area contributed by atoms with Crippen molar-refractivity contribution in [3.63, 3.8) is 0 Å². The molecule has 0 saturated carbocycles. The molecule has 1 aliphatic carbocycles. The first-order valence-corrected chi connectivity index (χ1v) is 12.5. The zero-order valence-corrected chi connectivity index (χ0v) is 20.8. The summed E-state index contributed by atoms with van der Waals surface area (Å²) in [7, 11) is -1.00. The summed E-state index contributed by atoms with van der Waals surface area (Å²) in [5.41, 5.74) is 1.35. The van der Waals surface area contributed by atoms with Gasteiger partial charge in [0.25, 0.3) is 0 Å². The van der Waals surface area contributed by atoms with Gasteiger partial charge in [-0.25, -0.2) is 12.8 Å². The van der Waals surface area contributed by atoms with Gasteiger partial charge in [0.05, 0.1) is 10.9 Å². The van der Waals surface area contributed by atoms with Crippen LogP contribution in [0.1, 0.15) is 19.3 Å². The van der Waals surface area contributed by atoms with Crippen LogP contribution < -0.4 is 4.74 Å². The molecule has 11 heteroatoms. The minimum atomic E-state index is -4.07. The van der Waals surface area contributed by atoms with Gasteiger partial charge >= 0.3 is 5.97 Å². The van der Waals surface area contributed by atoms with Crippen molar-refractivity contribution in [2.24, 2.45) is 0 Å². The summed E-state index contributed by atoms with van der Waals surface area (Å²) in [6.07, 6.45) is 3.33. The number of carboxylic acid groups (broad SMARTS) is 1. The molecule has 0 amide bonds. The molecular formula is C24H26ClFN2O6S. The first-order chi connectivity index (χ1) is 16.4. The minimum Gasteiger partial charge on any atom is -0.504 e. The maximum absolute atomic E-state index is 14.0. The van der Waals surface area contributed by atoms with Crippen molar-refractivity contribution in [3.8, 4) is 17.2 Å². The number of benzene rings is 2. The second-order valence-electron chi connectivity index (χ2n) is 8.09. The number of rotatable bonds is 9. The number of hydrogen-bond donors (Lipinski definition) is 2. The molecule has 1 aliphatic rings. The van der Waals surface area contributed by atoms with E-state index in [0.29, 0.717) is 24.8 Å². The van der Waals surface area contributed by atoms with E-state index in [-0.39, 0.29) is 28.0 Å². The lowest BCUT2D eigenvalue weighted by Gasteiger charge is -2.36. The smallest absolute Gasteiger partial charge is 0.323 e. The number of phenolic OH excluding ortho intramolecular Hbond substituents is 1. The topological polar surface area (TPSA) is 107 Å². The highest BCUT2D eigenvalue weighted by molar-refractivity contribution is 7.89. The molecule has 0 spiro atoms. The predicted molar refractivity (Wildman–Crippen MR) is 130 cm³/mol. The number of phenols is 1. The van der Waals surface area contributed by atoms with E-state index in [1.165, 1.54) is 35.6 Å². The molecule has 8 nitrogen and oxygen atoms in total. The van der Waals surface area contributed by atoms with Crippen molar-refractivity contribution in [1.29, 1.82) is 0 Å². The van der Waals surface area contributed by atoms with E-state index < -0.39 is 33.6 Å². The van der Waals surface area contributed by atoms with Crippen LogP contribution in [0.4, 0.5) is 4.39 Å². The molecule has 0 heterocycles. The van der Waals surface area contributed by atoms with Gasteiger partial charge in [0.1, 0.15) is 6.54 Å². The summed E-state index contributed by atoms with van der Waals surface area (Å²) in [4.78, 5) is 12.6. The van der Waals surface area contributed by atoms with Gasteiger partial charge in [0.2, 0.25) is 10.0 Å². The van der Waals surface area contributed by atoms with E-state index in [9.17, 15) is 22.7 Å². The van der Waals surface area contributed by atoms with Crippen molar-refractivity contribution in [2.75, 3.05) is 20.6 Å². The molecule has 0 radical (unpaired) electrons. The molecule has 0 aromatic heterocycles. The molecule has 0 fully saturated rings. The highest BCUT2D eigenvalue weighted by Crippen LogP contribution is 2.37. The Kier molecular flexibility index (Phi) is 8.09. The lowest BCUT2D eigenvalue weighted by atomic mass is 9.90. The fourth-order valence-electron chi connectivity index (χ4n) is 4.05. The molecule has 3 rings (SSSR count). The van der Waals surface area contributed by atoms with Gasteiger partial charge in [-0.3, -0.25) is 4.79 Å². The molecule has 35 heavy (non-hydrogen) atoms. The van der Waals surface area contributed by atoms with Crippen LogP contribution in [-0.2, 0) is 14.8 Å². The quantitative estimate of drug-likeness (QED) is 0.493. The number of ether oxygens (including phenoxy) is 1. The first-order valence-electron chi connectivity index (χ1n) is 10.7. The van der Waals surface area contributed by atoms with E-state index in [1.54, 1.807) is 18.0 Å². The fraction of sp³-hybridized carbons (Fsp3) is 0.292. The van der Waals surface area contributed by atoms with Crippen LogP contribution in [-0.4, -0.2) is 60.5 Å². The third kappa shape index (κ3) is 5.77. The van der Waals surface area contributed by atoms with Crippen molar-refractivity contribution >= 4 is 27.6 Å². The number of nitrogens with zero attached hydrogens (tertiary/aromatic N) is 2. The zero-order valence-electron chi connectivity index (χ0n) is 19.2. The summed E-state index contributed by atoms with van der Waals surface area (Å²) in [5, 5.41) is 19.7. The van der Waals surface area contributed by atoms with E-state index in [4.69, 9.17) is 21.4 Å². The molecule has 0 bridgehead atoms. The molecule has 0 aliphatic heterocycles. The monoisotopic (exact) mass is 524 g/mol. The summed E-state index contributed by atoms with van der Waals surface area (Å²) in [6.45, 7) is 3.59. The Morgan fingerprint density at radius 2 is 1.94 bits per heavy atom. The van der Waals surface area contributed by atoms with Gasteiger partial charge in [0, 0.05) is 30.9 Å². The summed E-state index contributed by atoms with van der Waals surface area (Å²) >= 11 is 5.73. The highest BCUT2D eigenvalue weighted by Gasteiger charge is 2.34. The largest absolute Gasteiger partial charge is 0.504 e. The van der Waals surface area contributed by atoms with Crippen LogP contribution in [0.25, 0.3) is 0 Å². The Morgan fingerprint density at radius 3 is 2.54 bits per heavy atom. The molecular weight excluding hydrogens is 499 g/mol. The molecule has 2 aromatic rings. The molecule has 1 atom stereocenters. The van der Waals surface area contributed by atoms with E-state index >= 15 is 0 Å². The Bertz CT molecular complexity index is 1280. The Morgan fingerprint density at radius 1 is 1.26 bits per heavy atom. The van der Waals surface area contributed by atoms with Crippen molar-refractivity contribution in [3.05, 3.63) is 71.2 Å². The zero-order chi connectivity index (χ0) is 25.9. The Hall–Kier alpha value is -3.08. The summed E-state index contributed by atoms with van der Waals surface area (Å²) < 4.78 is 47.4. The van der Waals surface area contributed by atoms with Crippen LogP contribution in [0.3, 0.4) is 0 Å². The molecule has 2 N–H and O–H groups in total. The van der Waals surface area contributed by atoms with E-state index in [0.717, 1.165) is 17.8 Å². The SMILES string of the molecule is C=CC1=C(N(C)CC(=O)O)CCC[C@H]1N(C)S(=O)(=O)c1ccc(Oc2ccc(Cl)cc2F)c(O)c1. The highest BCUT2D eigenvalue weighted by atomic mass is 35.5. The number of aromatic hydroxyl groups is 1. The normalized spacial score (nSPS) is 16.3. The van der Waals surface area contributed by atoms with E-state index in [1.807, 2.05) is 0 Å². The van der Waals surface area contributed by atoms with Crippen LogP contribution >= 0.6 is 11.6 Å². The average Bonchev–Trinajstić information content (AvgIpc) is 2.80. The predicted octanol–water partition coefficient (Wildman–Crippen LogP) is 4.61. The molecule has 0 unspecified atom stereocenters. The average molecular weight is 525 g/mol. The second kappa shape index (κ2) is 10.7. The number of likely N-dealkylation sites (N-methyl/N-ethyl adjacent to an activating group) is 2. The Labute approximate surface area is 208 Å². The molecule has 188 valence electrons. The fourth-order valence-corrected chi connectivity index (χ4v) is 5.60. The summed E-state index contributed by atoms with van der Waals surface area (Å²) in [5.74, 6) is -2.53. The van der Waals surface area contributed by atoms with Crippen molar-refractivity contribution in [1.82, 2.24) is 9.21 Å². The molecule has 2 aromatic carbocycles. The standard InChI is InChI=1S/C24H26ClFN2O6S/c1-4-17-19(27(2)14-24(30)31)6-5-7-20(17)28(3)35(32,33)16-9-11-23(21(29)13-16)34-22-10-8-15(25)12-18(22)26/h4,8-13,20,29H,1,5-7,14H2,2-3H3,(H,30,31)/t20-/m1/s1. The molecule has 0 saturated heterocycles. The number of allylic oxidation sites excluding steroid dienone is 1. The first kappa shape index (κ1) is 26.5. The van der Waals surface area contributed by atoms with Crippen molar-refractivity contribution < 1.29 is 32.6 Å². The summed E-state index contributed by atoms with van der Waals surface area (Å²) in [6, 6.07) is 6.72. The lowest BCUT2D eigenvalue weighted by molar-refractivity contribution is -0.137. The number of carboxylic acids is 1. The number of hydrogen-bond acceptors (Lipinski definition) is 6. The second-order valence-corrected chi connectivity index (χ2v) is 10.5. The van der Waals surface area contributed by atoms with E-state index in [2.05, 4.69) is 6.58 Å². The number of halogens is 2. The van der Waals surface area contributed by atoms with Crippen LogP contribution in [0, 0.1) is 5.82 Å². The van der Waals surface area contributed by atoms with Gasteiger partial charge in [-0.15, -0.1) is 0 Å².